The highest BCUT2D eigenvalue weighted by atomic mass is 16.5. The van der Waals surface area contributed by atoms with Crippen LogP contribution < -0.4 is 0 Å². The molecule has 0 radical (unpaired) electrons. The molecule has 0 unspecified atom stereocenters. The summed E-state index contributed by atoms with van der Waals surface area (Å²) in [6.07, 6.45) is 0. The van der Waals surface area contributed by atoms with Crippen molar-refractivity contribution in [1.29, 1.82) is 0 Å². The molecule has 0 bridgehead atoms. The minimum Gasteiger partial charge on any atom is -0.507 e. The highest BCUT2D eigenvalue weighted by molar-refractivity contribution is 6.16. The number of carbonyl (C=O) groups is 1. The van der Waals surface area contributed by atoms with E-state index in [1.54, 1.807) is 6.07 Å². The van der Waals surface area contributed by atoms with Crippen molar-refractivity contribution < 1.29 is 14.6 Å². The van der Waals surface area contributed by atoms with E-state index in [0.29, 0.717) is 5.56 Å². The van der Waals surface area contributed by atoms with Crippen LogP contribution in [0.4, 0.5) is 0 Å². The van der Waals surface area contributed by atoms with E-state index in [4.69, 9.17) is 0 Å². The summed E-state index contributed by atoms with van der Waals surface area (Å²) in [4.78, 5) is 11.4. The van der Waals surface area contributed by atoms with Gasteiger partial charge in [-0.3, -0.25) is 0 Å². The predicted molar refractivity (Wildman–Crippen MR) is 66.7 cm³/mol. The van der Waals surface area contributed by atoms with Gasteiger partial charge in [-0.15, -0.1) is 0 Å². The molecule has 3 nitrogen and oxygen atoms in total. The average Bonchev–Trinajstić information content (AvgIpc) is 2.37. The van der Waals surface area contributed by atoms with Crippen molar-refractivity contribution in [1.82, 2.24) is 0 Å². The monoisotopic (exact) mass is 228 g/mol. The molecule has 2 aromatic rings. The molecule has 1 N–H and O–H groups in total. The third-order valence-electron chi connectivity index (χ3n) is 2.62. The predicted octanol–water partition coefficient (Wildman–Crippen LogP) is 2.73. The fraction of sp³-hybridized carbons (Fsp3) is 0.0714. The van der Waals surface area contributed by atoms with E-state index in [1.807, 2.05) is 24.3 Å². The molecule has 86 valence electrons. The lowest BCUT2D eigenvalue weighted by Crippen LogP contribution is -2.02. The van der Waals surface area contributed by atoms with Crippen molar-refractivity contribution >= 4 is 22.3 Å². The van der Waals surface area contributed by atoms with Gasteiger partial charge >= 0.3 is 5.97 Å². The van der Waals surface area contributed by atoms with Crippen molar-refractivity contribution in [2.24, 2.45) is 0 Å². The summed E-state index contributed by atoms with van der Waals surface area (Å²) in [5.74, 6) is -0.372. The Bertz CT molecular complexity index is 599. The first-order valence-electron chi connectivity index (χ1n) is 5.13. The lowest BCUT2D eigenvalue weighted by Gasteiger charge is -2.07. The SMILES string of the molecule is C=C(C(=O)OC)c1cc(O)c2ccccc2c1. The van der Waals surface area contributed by atoms with Crippen molar-refractivity contribution in [2.45, 2.75) is 0 Å². The first kappa shape index (κ1) is 11.2. The summed E-state index contributed by atoms with van der Waals surface area (Å²) in [5, 5.41) is 11.5. The van der Waals surface area contributed by atoms with Crippen molar-refractivity contribution in [3.05, 3.63) is 48.5 Å². The van der Waals surface area contributed by atoms with E-state index in [2.05, 4.69) is 11.3 Å². The summed E-state index contributed by atoms with van der Waals surface area (Å²) in [6.45, 7) is 3.66. The van der Waals surface area contributed by atoms with Crippen LogP contribution in [-0.2, 0) is 9.53 Å². The van der Waals surface area contributed by atoms with Gasteiger partial charge in [0.05, 0.1) is 12.7 Å². The van der Waals surface area contributed by atoms with Gasteiger partial charge in [0, 0.05) is 5.39 Å². The number of phenolic OH excluding ortho intramolecular Hbond substituents is 1. The molecule has 0 aliphatic heterocycles. The Hall–Kier alpha value is -2.29. The molecule has 17 heavy (non-hydrogen) atoms. The van der Waals surface area contributed by atoms with Gasteiger partial charge in [0.25, 0.3) is 0 Å². The average molecular weight is 228 g/mol. The van der Waals surface area contributed by atoms with E-state index in [-0.39, 0.29) is 11.3 Å². The summed E-state index contributed by atoms with van der Waals surface area (Å²) in [6, 6.07) is 10.7. The van der Waals surface area contributed by atoms with Crippen LogP contribution in [0, 0.1) is 0 Å². The molecule has 0 aliphatic carbocycles. The third kappa shape index (κ3) is 1.99. The third-order valence-corrected chi connectivity index (χ3v) is 2.62. The normalized spacial score (nSPS) is 10.2. The zero-order valence-electron chi connectivity index (χ0n) is 9.43. The number of rotatable bonds is 2. The van der Waals surface area contributed by atoms with Gasteiger partial charge in [0.1, 0.15) is 5.75 Å². The van der Waals surface area contributed by atoms with Crippen LogP contribution in [0.2, 0.25) is 0 Å². The van der Waals surface area contributed by atoms with Gasteiger partial charge < -0.3 is 9.84 Å². The molecule has 0 saturated heterocycles. The summed E-state index contributed by atoms with van der Waals surface area (Å²) in [5.41, 5.74) is 0.793. The zero-order valence-corrected chi connectivity index (χ0v) is 9.43. The second-order valence-corrected chi connectivity index (χ2v) is 3.69. The number of carbonyl (C=O) groups excluding carboxylic acids is 1. The Morgan fingerprint density at radius 2 is 2.00 bits per heavy atom. The fourth-order valence-electron chi connectivity index (χ4n) is 1.71. The molecule has 3 heteroatoms. The van der Waals surface area contributed by atoms with Crippen LogP contribution in [-0.4, -0.2) is 18.2 Å². The van der Waals surface area contributed by atoms with Crippen LogP contribution in [0.25, 0.3) is 16.3 Å². The minimum atomic E-state index is -0.500. The van der Waals surface area contributed by atoms with Crippen LogP contribution in [0.3, 0.4) is 0 Å². The van der Waals surface area contributed by atoms with Gasteiger partial charge in [-0.25, -0.2) is 4.79 Å². The molecule has 0 amide bonds. The number of methoxy groups -OCH3 is 1. The molecule has 0 spiro atoms. The Labute approximate surface area is 99.0 Å². The van der Waals surface area contributed by atoms with Crippen molar-refractivity contribution in [2.75, 3.05) is 7.11 Å². The number of ether oxygens (including phenoxy) is 1. The topological polar surface area (TPSA) is 46.5 Å². The summed E-state index contributed by atoms with van der Waals surface area (Å²) >= 11 is 0. The Morgan fingerprint density at radius 3 is 2.71 bits per heavy atom. The van der Waals surface area contributed by atoms with Gasteiger partial charge in [0.15, 0.2) is 0 Å². The molecule has 0 aromatic heterocycles. The zero-order chi connectivity index (χ0) is 12.4. The quantitative estimate of drug-likeness (QED) is 0.635. The molecule has 2 aromatic carbocycles. The van der Waals surface area contributed by atoms with E-state index >= 15 is 0 Å². The summed E-state index contributed by atoms with van der Waals surface area (Å²) in [7, 11) is 1.30. The number of aromatic hydroxyl groups is 1. The molecular weight excluding hydrogens is 216 g/mol. The molecule has 0 atom stereocenters. The van der Waals surface area contributed by atoms with Crippen LogP contribution in [0.1, 0.15) is 5.56 Å². The maximum atomic E-state index is 11.4. The molecular formula is C14H12O3. The maximum absolute atomic E-state index is 11.4. The molecule has 0 heterocycles. The van der Waals surface area contributed by atoms with E-state index < -0.39 is 5.97 Å². The van der Waals surface area contributed by atoms with Gasteiger partial charge in [-0.05, 0) is 23.1 Å². The largest absolute Gasteiger partial charge is 0.507 e. The number of fused-ring (bicyclic) bond motifs is 1. The molecule has 0 saturated carbocycles. The first-order chi connectivity index (χ1) is 8.13. The van der Waals surface area contributed by atoms with Crippen molar-refractivity contribution in [3.8, 4) is 5.75 Å². The smallest absolute Gasteiger partial charge is 0.337 e. The Balaban J connectivity index is 2.57. The summed E-state index contributed by atoms with van der Waals surface area (Å²) < 4.78 is 4.60. The lowest BCUT2D eigenvalue weighted by molar-refractivity contribution is -0.133. The van der Waals surface area contributed by atoms with Gasteiger partial charge in [0.2, 0.25) is 0 Å². The molecule has 2 rings (SSSR count). The fourth-order valence-corrected chi connectivity index (χ4v) is 1.71. The van der Waals surface area contributed by atoms with E-state index in [0.717, 1.165) is 10.8 Å². The number of phenols is 1. The minimum absolute atomic E-state index is 0.128. The standard InChI is InChI=1S/C14H12O3/c1-9(14(16)17-2)11-7-10-5-3-4-6-12(10)13(15)8-11/h3-8,15H,1H2,2H3. The van der Waals surface area contributed by atoms with E-state index in [1.165, 1.54) is 13.2 Å². The number of hydrogen-bond donors (Lipinski definition) is 1. The highest BCUT2D eigenvalue weighted by Crippen LogP contribution is 2.29. The number of benzene rings is 2. The lowest BCUT2D eigenvalue weighted by atomic mass is 10.0. The maximum Gasteiger partial charge on any atom is 0.337 e. The van der Waals surface area contributed by atoms with Crippen LogP contribution in [0.15, 0.2) is 43.0 Å². The van der Waals surface area contributed by atoms with Crippen molar-refractivity contribution in [3.63, 3.8) is 0 Å². The van der Waals surface area contributed by atoms with Crippen LogP contribution in [0.5, 0.6) is 5.75 Å². The van der Waals surface area contributed by atoms with E-state index in [9.17, 15) is 9.90 Å². The second kappa shape index (κ2) is 4.29. The number of hydrogen-bond acceptors (Lipinski definition) is 3. The Morgan fingerprint density at radius 1 is 1.29 bits per heavy atom. The van der Waals surface area contributed by atoms with Crippen LogP contribution >= 0.6 is 0 Å². The molecule has 0 aliphatic rings. The van der Waals surface area contributed by atoms with Gasteiger partial charge in [-0.1, -0.05) is 30.8 Å². The first-order valence-corrected chi connectivity index (χ1v) is 5.13. The highest BCUT2D eigenvalue weighted by Gasteiger charge is 2.11. The molecule has 0 fully saturated rings. The Kier molecular flexibility index (Phi) is 2.83. The second-order valence-electron chi connectivity index (χ2n) is 3.69. The van der Waals surface area contributed by atoms with Gasteiger partial charge in [-0.2, -0.15) is 0 Å². The number of esters is 1.